The van der Waals surface area contributed by atoms with Crippen LogP contribution in [0.15, 0.2) is 40.3 Å². The molecule has 1 atom stereocenters. The van der Waals surface area contributed by atoms with E-state index >= 15 is 0 Å². The highest BCUT2D eigenvalue weighted by molar-refractivity contribution is 7.99. The Labute approximate surface area is 130 Å². The maximum absolute atomic E-state index is 5.88. The summed E-state index contributed by atoms with van der Waals surface area (Å²) in [7, 11) is 2.10. The van der Waals surface area contributed by atoms with Crippen molar-refractivity contribution in [3.63, 3.8) is 0 Å². The minimum Gasteiger partial charge on any atom is -0.368 e. The van der Waals surface area contributed by atoms with Crippen molar-refractivity contribution in [1.29, 1.82) is 0 Å². The molecule has 0 aromatic heterocycles. The van der Waals surface area contributed by atoms with E-state index in [-0.39, 0.29) is 6.10 Å². The zero-order valence-corrected chi connectivity index (χ0v) is 13.2. The average molecular weight is 303 g/mol. The van der Waals surface area contributed by atoms with Gasteiger partial charge in [-0.25, -0.2) is 9.98 Å². The fraction of sp³-hybridized carbons (Fsp3) is 0.500. The molecule has 0 N–H and O–H groups in total. The number of likely N-dealkylation sites (tertiary alicyclic amines) is 1. The average Bonchev–Trinajstić information content (AvgIpc) is 2.94. The molecule has 0 bridgehead atoms. The minimum absolute atomic E-state index is 0.00505. The summed E-state index contributed by atoms with van der Waals surface area (Å²) < 4.78 is 5.88. The zero-order chi connectivity index (χ0) is 14.5. The maximum Gasteiger partial charge on any atom is 0.160 e. The van der Waals surface area contributed by atoms with Crippen molar-refractivity contribution in [2.24, 2.45) is 9.98 Å². The van der Waals surface area contributed by atoms with Crippen molar-refractivity contribution >= 4 is 29.1 Å². The van der Waals surface area contributed by atoms with E-state index in [0.29, 0.717) is 0 Å². The summed E-state index contributed by atoms with van der Waals surface area (Å²) in [5.41, 5.74) is 0.941. The van der Waals surface area contributed by atoms with E-state index in [1.54, 1.807) is 0 Å². The lowest BCUT2D eigenvalue weighted by atomic mass is 10.3. The molecular weight excluding hydrogens is 282 g/mol. The Balaban J connectivity index is 1.88. The number of amidine groups is 2. The highest BCUT2D eigenvalue weighted by atomic mass is 32.2. The van der Waals surface area contributed by atoms with Gasteiger partial charge in [0.25, 0.3) is 0 Å². The maximum atomic E-state index is 5.88. The second-order valence-electron chi connectivity index (χ2n) is 5.29. The third-order valence-electron chi connectivity index (χ3n) is 3.68. The summed E-state index contributed by atoms with van der Waals surface area (Å²) in [6, 6.07) is 10.0. The first-order valence-electron chi connectivity index (χ1n) is 7.44. The van der Waals surface area contributed by atoms with E-state index < -0.39 is 0 Å². The molecule has 3 rings (SSSR count). The molecule has 4 nitrogen and oxygen atoms in total. The van der Waals surface area contributed by atoms with Crippen LogP contribution in [0.25, 0.3) is 0 Å². The number of ether oxygens (including phenoxy) is 1. The standard InChI is InChI=1S/C16H21N3OS/c1-19-9-5-8-15(19)18-16(14-12-21-11-10-20-14)17-13-6-3-2-4-7-13/h2-4,6-7,14H,5,8-12H2,1H3. The summed E-state index contributed by atoms with van der Waals surface area (Å²) >= 11 is 1.91. The molecule has 5 heteroatoms. The molecule has 0 amide bonds. The van der Waals surface area contributed by atoms with E-state index in [2.05, 4.69) is 11.9 Å². The van der Waals surface area contributed by atoms with Crippen LogP contribution in [0.1, 0.15) is 12.8 Å². The first-order valence-corrected chi connectivity index (χ1v) is 8.60. The number of benzene rings is 1. The molecule has 0 saturated carbocycles. The molecule has 1 aromatic carbocycles. The van der Waals surface area contributed by atoms with Crippen molar-refractivity contribution < 1.29 is 4.74 Å². The molecule has 2 fully saturated rings. The van der Waals surface area contributed by atoms with E-state index in [1.165, 1.54) is 6.42 Å². The van der Waals surface area contributed by atoms with Crippen LogP contribution in [0.2, 0.25) is 0 Å². The summed E-state index contributed by atoms with van der Waals surface area (Å²) in [5, 5.41) is 0. The van der Waals surface area contributed by atoms with Crippen molar-refractivity contribution in [3.05, 3.63) is 30.3 Å². The van der Waals surface area contributed by atoms with Crippen LogP contribution in [0.3, 0.4) is 0 Å². The van der Waals surface area contributed by atoms with Gasteiger partial charge in [-0.15, -0.1) is 0 Å². The molecule has 0 radical (unpaired) electrons. The van der Waals surface area contributed by atoms with Crippen molar-refractivity contribution in [1.82, 2.24) is 4.90 Å². The third kappa shape index (κ3) is 3.86. The van der Waals surface area contributed by atoms with Gasteiger partial charge in [0.15, 0.2) is 5.84 Å². The van der Waals surface area contributed by atoms with Crippen LogP contribution in [0.4, 0.5) is 5.69 Å². The monoisotopic (exact) mass is 303 g/mol. The molecule has 21 heavy (non-hydrogen) atoms. The normalized spacial score (nSPS) is 25.6. The van der Waals surface area contributed by atoms with Crippen LogP contribution < -0.4 is 0 Å². The summed E-state index contributed by atoms with van der Waals surface area (Å²) in [6.07, 6.45) is 2.21. The molecule has 2 aliphatic heterocycles. The van der Waals surface area contributed by atoms with E-state index in [0.717, 1.165) is 48.4 Å². The molecule has 112 valence electrons. The van der Waals surface area contributed by atoms with Gasteiger partial charge in [-0.05, 0) is 18.6 Å². The molecular formula is C16H21N3OS. The van der Waals surface area contributed by atoms with Gasteiger partial charge in [0.1, 0.15) is 11.9 Å². The number of thioether (sulfide) groups is 1. The van der Waals surface area contributed by atoms with Crippen LogP contribution in [0, 0.1) is 0 Å². The quantitative estimate of drug-likeness (QED) is 0.622. The Morgan fingerprint density at radius 3 is 2.86 bits per heavy atom. The minimum atomic E-state index is 0.00505. The van der Waals surface area contributed by atoms with Crippen molar-refractivity contribution in [2.75, 3.05) is 31.7 Å². The molecule has 2 saturated heterocycles. The molecule has 2 aliphatic rings. The smallest absolute Gasteiger partial charge is 0.160 e. The van der Waals surface area contributed by atoms with Crippen molar-refractivity contribution in [3.8, 4) is 0 Å². The molecule has 0 spiro atoms. The summed E-state index contributed by atoms with van der Waals surface area (Å²) in [4.78, 5) is 11.8. The van der Waals surface area contributed by atoms with Crippen LogP contribution in [0.5, 0.6) is 0 Å². The van der Waals surface area contributed by atoms with E-state index in [1.807, 2.05) is 42.1 Å². The van der Waals surface area contributed by atoms with Gasteiger partial charge >= 0.3 is 0 Å². The Bertz CT molecular complexity index is 524. The number of hydrogen-bond donors (Lipinski definition) is 0. The fourth-order valence-corrected chi connectivity index (χ4v) is 3.35. The number of aliphatic imine (C=N–C) groups is 2. The number of nitrogens with zero attached hydrogens (tertiary/aromatic N) is 3. The van der Waals surface area contributed by atoms with Gasteiger partial charge in [-0.3, -0.25) is 0 Å². The molecule has 1 aromatic rings. The van der Waals surface area contributed by atoms with Gasteiger partial charge in [-0.1, -0.05) is 18.2 Å². The summed E-state index contributed by atoms with van der Waals surface area (Å²) in [5.74, 6) is 3.94. The Morgan fingerprint density at radius 2 is 2.19 bits per heavy atom. The number of para-hydroxylation sites is 1. The Hall–Kier alpha value is -1.33. The van der Waals surface area contributed by atoms with Gasteiger partial charge < -0.3 is 9.64 Å². The van der Waals surface area contributed by atoms with Gasteiger partial charge in [0.2, 0.25) is 0 Å². The van der Waals surface area contributed by atoms with Crippen LogP contribution in [-0.4, -0.2) is 54.4 Å². The summed E-state index contributed by atoms with van der Waals surface area (Å²) in [6.45, 7) is 1.86. The first kappa shape index (κ1) is 14.6. The van der Waals surface area contributed by atoms with Crippen LogP contribution >= 0.6 is 11.8 Å². The van der Waals surface area contributed by atoms with E-state index in [9.17, 15) is 0 Å². The molecule has 0 aliphatic carbocycles. The predicted molar refractivity (Wildman–Crippen MR) is 89.9 cm³/mol. The van der Waals surface area contributed by atoms with Gasteiger partial charge in [0.05, 0.1) is 12.3 Å². The largest absolute Gasteiger partial charge is 0.368 e. The van der Waals surface area contributed by atoms with E-state index in [4.69, 9.17) is 14.7 Å². The predicted octanol–water partition coefficient (Wildman–Crippen LogP) is 2.97. The van der Waals surface area contributed by atoms with Crippen molar-refractivity contribution in [2.45, 2.75) is 18.9 Å². The molecule has 1 unspecified atom stereocenters. The lowest BCUT2D eigenvalue weighted by Gasteiger charge is -2.22. The Morgan fingerprint density at radius 1 is 1.33 bits per heavy atom. The molecule has 2 heterocycles. The fourth-order valence-electron chi connectivity index (χ4n) is 2.51. The lowest BCUT2D eigenvalue weighted by molar-refractivity contribution is 0.120. The highest BCUT2D eigenvalue weighted by Crippen LogP contribution is 2.20. The topological polar surface area (TPSA) is 37.2 Å². The highest BCUT2D eigenvalue weighted by Gasteiger charge is 2.23. The number of hydrogen-bond acceptors (Lipinski definition) is 3. The second kappa shape index (κ2) is 7.09. The first-order chi connectivity index (χ1) is 10.3. The second-order valence-corrected chi connectivity index (χ2v) is 6.44. The third-order valence-corrected chi connectivity index (χ3v) is 4.68. The SMILES string of the molecule is CN1CCCC1=NC(=Nc1ccccc1)C1CSCCO1. The van der Waals surface area contributed by atoms with Gasteiger partial charge in [-0.2, -0.15) is 11.8 Å². The number of rotatable bonds is 2. The zero-order valence-electron chi connectivity index (χ0n) is 12.4. The Kier molecular flexibility index (Phi) is 4.93. The lowest BCUT2D eigenvalue weighted by Crippen LogP contribution is -2.32. The van der Waals surface area contributed by atoms with Gasteiger partial charge in [0, 0.05) is 31.5 Å². The van der Waals surface area contributed by atoms with Crippen LogP contribution in [-0.2, 0) is 4.74 Å².